The summed E-state index contributed by atoms with van der Waals surface area (Å²) < 4.78 is 15.9. The Balaban J connectivity index is 1.55. The molecule has 112 valence electrons. The lowest BCUT2D eigenvalue weighted by atomic mass is 9.98. The number of esters is 2. The van der Waals surface area contributed by atoms with Gasteiger partial charge in [0.05, 0.1) is 11.8 Å². The van der Waals surface area contributed by atoms with Gasteiger partial charge in [-0.15, -0.1) is 0 Å². The van der Waals surface area contributed by atoms with E-state index in [1.807, 2.05) is 24.3 Å². The molecule has 5 heteroatoms. The van der Waals surface area contributed by atoms with Crippen molar-refractivity contribution in [2.24, 2.45) is 5.92 Å². The second kappa shape index (κ2) is 4.73. The van der Waals surface area contributed by atoms with Crippen molar-refractivity contribution < 1.29 is 23.8 Å². The highest BCUT2D eigenvalue weighted by molar-refractivity contribution is 5.92. The van der Waals surface area contributed by atoms with Crippen LogP contribution in [0.15, 0.2) is 47.7 Å². The van der Waals surface area contributed by atoms with E-state index >= 15 is 0 Å². The molecule has 1 aliphatic carbocycles. The molecule has 3 atom stereocenters. The standard InChI is InChI=1S/C17H14O5/c1-9-6-14(21-16(9)18)20-8-13-12-7-10-4-2-3-5-11(10)15(12)22-17(13)19/h2-6,8,12,14-15H,7H2,1H3/t12-,14+,15?/m0/s1. The fourth-order valence-corrected chi connectivity index (χ4v) is 3.16. The predicted octanol–water partition coefficient (Wildman–Crippen LogP) is 2.19. The van der Waals surface area contributed by atoms with Gasteiger partial charge in [-0.25, -0.2) is 9.59 Å². The minimum Gasteiger partial charge on any atom is -0.458 e. The highest BCUT2D eigenvalue weighted by Gasteiger charge is 2.46. The molecule has 4 rings (SSSR count). The third-order valence-corrected chi connectivity index (χ3v) is 4.30. The van der Waals surface area contributed by atoms with Crippen molar-refractivity contribution in [2.75, 3.05) is 0 Å². The number of carbonyl (C=O) groups excluding carboxylic acids is 2. The molecule has 1 aromatic rings. The Hall–Kier alpha value is -2.56. The van der Waals surface area contributed by atoms with Crippen LogP contribution in [-0.4, -0.2) is 18.2 Å². The minimum absolute atomic E-state index is 0.0351. The molecule has 0 amide bonds. The summed E-state index contributed by atoms with van der Waals surface area (Å²) in [6, 6.07) is 7.96. The summed E-state index contributed by atoms with van der Waals surface area (Å²) in [5.74, 6) is -0.801. The first-order valence-electron chi connectivity index (χ1n) is 7.17. The number of cyclic esters (lactones) is 1. The van der Waals surface area contributed by atoms with Gasteiger partial charge in [0.15, 0.2) is 0 Å². The number of carbonyl (C=O) groups is 2. The van der Waals surface area contributed by atoms with Gasteiger partial charge in [-0.3, -0.25) is 0 Å². The van der Waals surface area contributed by atoms with Crippen molar-refractivity contribution in [3.05, 3.63) is 58.9 Å². The van der Waals surface area contributed by atoms with Crippen LogP contribution >= 0.6 is 0 Å². The second-order valence-electron chi connectivity index (χ2n) is 5.67. The number of ether oxygens (including phenoxy) is 3. The summed E-state index contributed by atoms with van der Waals surface area (Å²) in [6.07, 6.45) is 2.71. The highest BCUT2D eigenvalue weighted by Crippen LogP contribution is 2.47. The van der Waals surface area contributed by atoms with Gasteiger partial charge in [0.1, 0.15) is 6.10 Å². The number of hydrogen-bond donors (Lipinski definition) is 0. The van der Waals surface area contributed by atoms with Crippen LogP contribution < -0.4 is 0 Å². The van der Waals surface area contributed by atoms with Crippen LogP contribution in [0.2, 0.25) is 0 Å². The molecule has 5 nitrogen and oxygen atoms in total. The summed E-state index contributed by atoms with van der Waals surface area (Å²) >= 11 is 0. The van der Waals surface area contributed by atoms with E-state index < -0.39 is 12.3 Å². The first kappa shape index (κ1) is 13.1. The van der Waals surface area contributed by atoms with Gasteiger partial charge in [-0.1, -0.05) is 24.3 Å². The molecule has 0 aromatic heterocycles. The predicted molar refractivity (Wildman–Crippen MR) is 75.3 cm³/mol. The van der Waals surface area contributed by atoms with Crippen LogP contribution in [0.25, 0.3) is 0 Å². The molecule has 0 N–H and O–H groups in total. The van der Waals surface area contributed by atoms with E-state index in [0.29, 0.717) is 11.1 Å². The maximum atomic E-state index is 12.0. The van der Waals surface area contributed by atoms with Crippen LogP contribution in [0.5, 0.6) is 0 Å². The summed E-state index contributed by atoms with van der Waals surface area (Å²) in [5, 5.41) is 0. The largest absolute Gasteiger partial charge is 0.458 e. The minimum atomic E-state index is -0.768. The topological polar surface area (TPSA) is 61.8 Å². The molecule has 1 unspecified atom stereocenters. The number of hydrogen-bond acceptors (Lipinski definition) is 5. The Morgan fingerprint density at radius 3 is 2.77 bits per heavy atom. The molecule has 0 radical (unpaired) electrons. The van der Waals surface area contributed by atoms with Crippen molar-refractivity contribution >= 4 is 11.9 Å². The van der Waals surface area contributed by atoms with Gasteiger partial charge in [0.2, 0.25) is 0 Å². The molecule has 0 saturated carbocycles. The average Bonchev–Trinajstić information content (AvgIpc) is 3.10. The molecule has 3 aliphatic rings. The van der Waals surface area contributed by atoms with Gasteiger partial charge in [0.25, 0.3) is 6.29 Å². The fourth-order valence-electron chi connectivity index (χ4n) is 3.16. The monoisotopic (exact) mass is 298 g/mol. The first-order chi connectivity index (χ1) is 10.6. The Morgan fingerprint density at radius 1 is 1.18 bits per heavy atom. The van der Waals surface area contributed by atoms with E-state index in [9.17, 15) is 9.59 Å². The Morgan fingerprint density at radius 2 is 2.00 bits per heavy atom. The second-order valence-corrected chi connectivity index (χ2v) is 5.67. The van der Waals surface area contributed by atoms with Crippen LogP contribution in [0, 0.1) is 5.92 Å². The number of benzene rings is 1. The van der Waals surface area contributed by atoms with E-state index in [-0.39, 0.29) is 18.0 Å². The normalized spacial score (nSPS) is 30.7. The molecule has 2 aliphatic heterocycles. The summed E-state index contributed by atoms with van der Waals surface area (Å²) in [7, 11) is 0. The molecule has 2 heterocycles. The molecule has 1 fully saturated rings. The van der Waals surface area contributed by atoms with Crippen molar-refractivity contribution in [3.8, 4) is 0 Å². The van der Waals surface area contributed by atoms with Crippen molar-refractivity contribution in [2.45, 2.75) is 25.7 Å². The van der Waals surface area contributed by atoms with Crippen molar-refractivity contribution in [3.63, 3.8) is 0 Å². The zero-order valence-corrected chi connectivity index (χ0v) is 11.9. The molecule has 1 saturated heterocycles. The van der Waals surface area contributed by atoms with Crippen LogP contribution in [0.4, 0.5) is 0 Å². The van der Waals surface area contributed by atoms with E-state index in [4.69, 9.17) is 14.2 Å². The lowest BCUT2D eigenvalue weighted by Crippen LogP contribution is -2.11. The summed E-state index contributed by atoms with van der Waals surface area (Å²) in [4.78, 5) is 23.3. The first-order valence-corrected chi connectivity index (χ1v) is 7.17. The lowest BCUT2D eigenvalue weighted by Gasteiger charge is -2.09. The maximum Gasteiger partial charge on any atom is 0.338 e. The van der Waals surface area contributed by atoms with Crippen molar-refractivity contribution in [1.82, 2.24) is 0 Å². The van der Waals surface area contributed by atoms with Gasteiger partial charge >= 0.3 is 11.9 Å². The third kappa shape index (κ3) is 1.93. The quantitative estimate of drug-likeness (QED) is 0.476. The Labute approximate surface area is 127 Å². The lowest BCUT2D eigenvalue weighted by molar-refractivity contribution is -0.152. The Kier molecular flexibility index (Phi) is 2.82. The van der Waals surface area contributed by atoms with Crippen LogP contribution in [0.3, 0.4) is 0 Å². The molecular weight excluding hydrogens is 284 g/mol. The smallest absolute Gasteiger partial charge is 0.338 e. The van der Waals surface area contributed by atoms with Gasteiger partial charge in [-0.2, -0.15) is 0 Å². The maximum absolute atomic E-state index is 12.0. The fraction of sp³-hybridized carbons (Fsp3) is 0.294. The van der Waals surface area contributed by atoms with E-state index in [2.05, 4.69) is 0 Å². The highest BCUT2D eigenvalue weighted by atomic mass is 16.7. The average molecular weight is 298 g/mol. The number of rotatable bonds is 2. The third-order valence-electron chi connectivity index (χ3n) is 4.30. The zero-order valence-electron chi connectivity index (χ0n) is 11.9. The molecule has 0 spiro atoms. The van der Waals surface area contributed by atoms with Gasteiger partial charge < -0.3 is 14.2 Å². The van der Waals surface area contributed by atoms with Gasteiger partial charge in [-0.05, 0) is 24.5 Å². The summed E-state index contributed by atoms with van der Waals surface area (Å²) in [5.41, 5.74) is 3.25. The molecule has 22 heavy (non-hydrogen) atoms. The van der Waals surface area contributed by atoms with Crippen LogP contribution in [0.1, 0.15) is 24.2 Å². The SMILES string of the molecule is CC1=C[C@H](OC=C2C(=O)OC3c4ccccc4C[C@@H]23)OC1=O. The zero-order chi connectivity index (χ0) is 15.3. The summed E-state index contributed by atoms with van der Waals surface area (Å²) in [6.45, 7) is 1.66. The molecular formula is C17H14O5. The van der Waals surface area contributed by atoms with Crippen LogP contribution in [-0.2, 0) is 30.2 Å². The van der Waals surface area contributed by atoms with E-state index in [1.165, 1.54) is 11.8 Å². The van der Waals surface area contributed by atoms with E-state index in [1.54, 1.807) is 13.0 Å². The number of fused-ring (bicyclic) bond motifs is 3. The molecule has 1 aromatic carbocycles. The Bertz CT molecular complexity index is 730. The van der Waals surface area contributed by atoms with E-state index in [0.717, 1.165) is 12.0 Å². The van der Waals surface area contributed by atoms with Gasteiger partial charge in [0, 0.05) is 17.6 Å². The van der Waals surface area contributed by atoms with Crippen molar-refractivity contribution in [1.29, 1.82) is 0 Å². The molecule has 0 bridgehead atoms.